The Kier molecular flexibility index (Phi) is 4.43. The number of benzene rings is 1. The zero-order chi connectivity index (χ0) is 13.8. The highest BCUT2D eigenvalue weighted by Crippen LogP contribution is 2.28. The quantitative estimate of drug-likeness (QED) is 0.906. The van der Waals surface area contributed by atoms with Crippen molar-refractivity contribution in [3.63, 3.8) is 0 Å². The van der Waals surface area contributed by atoms with Crippen molar-refractivity contribution in [2.45, 2.75) is 18.9 Å². The molecular formula is C16H25N3O. The fourth-order valence-corrected chi connectivity index (χ4v) is 3.36. The van der Waals surface area contributed by atoms with Crippen LogP contribution in [0.1, 0.15) is 12.8 Å². The SMILES string of the molecule is COc1ccccc1N1CCN(C2CCCNC2)CC1. The van der Waals surface area contributed by atoms with E-state index in [-0.39, 0.29) is 0 Å². The summed E-state index contributed by atoms with van der Waals surface area (Å²) in [6.45, 7) is 6.86. The van der Waals surface area contributed by atoms with Crippen LogP contribution in [-0.2, 0) is 0 Å². The van der Waals surface area contributed by atoms with Crippen LogP contribution in [-0.4, -0.2) is 57.3 Å². The molecule has 3 rings (SSSR count). The van der Waals surface area contributed by atoms with Crippen LogP contribution in [0.3, 0.4) is 0 Å². The number of nitrogens with one attached hydrogen (secondary N) is 1. The number of piperidine rings is 1. The van der Waals surface area contributed by atoms with E-state index in [0.29, 0.717) is 0 Å². The third kappa shape index (κ3) is 2.91. The fraction of sp³-hybridized carbons (Fsp3) is 0.625. The maximum absolute atomic E-state index is 5.48. The van der Waals surface area contributed by atoms with E-state index >= 15 is 0 Å². The zero-order valence-corrected chi connectivity index (χ0v) is 12.3. The summed E-state index contributed by atoms with van der Waals surface area (Å²) in [6.07, 6.45) is 2.67. The van der Waals surface area contributed by atoms with Crippen LogP contribution in [0.25, 0.3) is 0 Å². The lowest BCUT2D eigenvalue weighted by Crippen LogP contribution is -2.54. The molecule has 0 aromatic heterocycles. The maximum Gasteiger partial charge on any atom is 0.142 e. The smallest absolute Gasteiger partial charge is 0.142 e. The summed E-state index contributed by atoms with van der Waals surface area (Å²) in [6, 6.07) is 9.08. The number of piperazine rings is 1. The summed E-state index contributed by atoms with van der Waals surface area (Å²) >= 11 is 0. The molecule has 1 unspecified atom stereocenters. The molecule has 0 saturated carbocycles. The van der Waals surface area contributed by atoms with Gasteiger partial charge in [0.15, 0.2) is 0 Å². The van der Waals surface area contributed by atoms with E-state index in [1.165, 1.54) is 25.1 Å². The molecule has 1 N–H and O–H groups in total. The summed E-state index contributed by atoms with van der Waals surface area (Å²) < 4.78 is 5.48. The van der Waals surface area contributed by atoms with Gasteiger partial charge in [-0.1, -0.05) is 12.1 Å². The predicted octanol–water partition coefficient (Wildman–Crippen LogP) is 1.57. The monoisotopic (exact) mass is 275 g/mol. The number of hydrogen-bond donors (Lipinski definition) is 1. The molecule has 1 aromatic carbocycles. The maximum atomic E-state index is 5.48. The van der Waals surface area contributed by atoms with E-state index in [1.807, 2.05) is 12.1 Å². The van der Waals surface area contributed by atoms with Gasteiger partial charge in [-0.2, -0.15) is 0 Å². The van der Waals surface area contributed by atoms with Crippen LogP contribution in [0.4, 0.5) is 5.69 Å². The average Bonchev–Trinajstić information content (AvgIpc) is 2.56. The third-order valence-corrected chi connectivity index (χ3v) is 4.53. The van der Waals surface area contributed by atoms with Crippen molar-refractivity contribution in [3.8, 4) is 5.75 Å². The van der Waals surface area contributed by atoms with Gasteiger partial charge < -0.3 is 15.0 Å². The number of anilines is 1. The zero-order valence-electron chi connectivity index (χ0n) is 12.3. The number of para-hydroxylation sites is 2. The average molecular weight is 275 g/mol. The molecule has 2 aliphatic heterocycles. The Morgan fingerprint density at radius 1 is 1.15 bits per heavy atom. The topological polar surface area (TPSA) is 27.7 Å². The summed E-state index contributed by atoms with van der Waals surface area (Å²) in [5.74, 6) is 0.986. The molecule has 0 aliphatic carbocycles. The first-order valence-electron chi connectivity index (χ1n) is 7.71. The lowest BCUT2D eigenvalue weighted by molar-refractivity contribution is 0.157. The van der Waals surface area contributed by atoms with Crippen molar-refractivity contribution in [3.05, 3.63) is 24.3 Å². The van der Waals surface area contributed by atoms with E-state index in [9.17, 15) is 0 Å². The molecule has 4 heteroatoms. The summed E-state index contributed by atoms with van der Waals surface area (Å²) in [5, 5.41) is 3.52. The first-order valence-corrected chi connectivity index (χ1v) is 7.71. The largest absolute Gasteiger partial charge is 0.495 e. The molecule has 2 saturated heterocycles. The number of ether oxygens (including phenoxy) is 1. The molecule has 0 spiro atoms. The summed E-state index contributed by atoms with van der Waals surface area (Å²) in [7, 11) is 1.75. The molecule has 0 amide bonds. The predicted molar refractivity (Wildman–Crippen MR) is 82.7 cm³/mol. The van der Waals surface area contributed by atoms with Gasteiger partial charge in [-0.15, -0.1) is 0 Å². The lowest BCUT2D eigenvalue weighted by atomic mass is 10.0. The van der Waals surface area contributed by atoms with Crippen molar-refractivity contribution in [2.24, 2.45) is 0 Å². The highest BCUT2D eigenvalue weighted by atomic mass is 16.5. The molecule has 1 atom stereocenters. The van der Waals surface area contributed by atoms with Crippen LogP contribution in [0, 0.1) is 0 Å². The van der Waals surface area contributed by atoms with E-state index in [4.69, 9.17) is 4.74 Å². The molecule has 2 aliphatic rings. The van der Waals surface area contributed by atoms with Gasteiger partial charge in [-0.25, -0.2) is 0 Å². The normalized spacial score (nSPS) is 24.6. The lowest BCUT2D eigenvalue weighted by Gasteiger charge is -2.41. The van der Waals surface area contributed by atoms with Gasteiger partial charge in [0.05, 0.1) is 12.8 Å². The van der Waals surface area contributed by atoms with E-state index in [0.717, 1.165) is 44.5 Å². The molecule has 2 heterocycles. The second kappa shape index (κ2) is 6.46. The van der Waals surface area contributed by atoms with Crippen molar-refractivity contribution in [1.29, 1.82) is 0 Å². The molecule has 0 radical (unpaired) electrons. The van der Waals surface area contributed by atoms with Gasteiger partial charge in [0.1, 0.15) is 5.75 Å². The second-order valence-electron chi connectivity index (χ2n) is 5.70. The molecule has 4 nitrogen and oxygen atoms in total. The van der Waals surface area contributed by atoms with Crippen LogP contribution in [0.5, 0.6) is 5.75 Å². The molecule has 0 bridgehead atoms. The van der Waals surface area contributed by atoms with E-state index in [1.54, 1.807) is 7.11 Å². The molecule has 2 fully saturated rings. The molecule has 20 heavy (non-hydrogen) atoms. The Morgan fingerprint density at radius 2 is 1.95 bits per heavy atom. The van der Waals surface area contributed by atoms with Crippen molar-refractivity contribution < 1.29 is 4.74 Å². The number of hydrogen-bond acceptors (Lipinski definition) is 4. The van der Waals surface area contributed by atoms with Crippen LogP contribution >= 0.6 is 0 Å². The standard InChI is InChI=1S/C16H25N3O/c1-20-16-7-3-2-6-15(16)19-11-9-18(10-12-19)14-5-4-8-17-13-14/h2-3,6-7,14,17H,4-5,8-13H2,1H3. The Hall–Kier alpha value is -1.26. The summed E-state index contributed by atoms with van der Waals surface area (Å²) in [5.41, 5.74) is 1.23. The van der Waals surface area contributed by atoms with Gasteiger partial charge in [-0.05, 0) is 31.5 Å². The van der Waals surface area contributed by atoms with E-state index in [2.05, 4.69) is 27.2 Å². The number of rotatable bonds is 3. The fourth-order valence-electron chi connectivity index (χ4n) is 3.36. The first kappa shape index (κ1) is 13.7. The van der Waals surface area contributed by atoms with Gasteiger partial charge in [0.2, 0.25) is 0 Å². The van der Waals surface area contributed by atoms with Crippen molar-refractivity contribution in [2.75, 3.05) is 51.3 Å². The van der Waals surface area contributed by atoms with E-state index < -0.39 is 0 Å². The van der Waals surface area contributed by atoms with Crippen LogP contribution < -0.4 is 15.0 Å². The van der Waals surface area contributed by atoms with Crippen molar-refractivity contribution >= 4 is 5.69 Å². The second-order valence-corrected chi connectivity index (χ2v) is 5.70. The first-order chi connectivity index (χ1) is 9.88. The highest BCUT2D eigenvalue weighted by Gasteiger charge is 2.25. The van der Waals surface area contributed by atoms with Gasteiger partial charge >= 0.3 is 0 Å². The number of methoxy groups -OCH3 is 1. The minimum Gasteiger partial charge on any atom is -0.495 e. The van der Waals surface area contributed by atoms with Gasteiger partial charge in [0, 0.05) is 38.8 Å². The third-order valence-electron chi connectivity index (χ3n) is 4.53. The Balaban J connectivity index is 1.60. The Bertz CT molecular complexity index is 423. The Morgan fingerprint density at radius 3 is 2.65 bits per heavy atom. The van der Waals surface area contributed by atoms with Gasteiger partial charge in [0.25, 0.3) is 0 Å². The van der Waals surface area contributed by atoms with Gasteiger partial charge in [-0.3, -0.25) is 4.90 Å². The highest BCUT2D eigenvalue weighted by molar-refractivity contribution is 5.58. The van der Waals surface area contributed by atoms with Crippen LogP contribution in [0.15, 0.2) is 24.3 Å². The minimum atomic E-state index is 0.739. The minimum absolute atomic E-state index is 0.739. The van der Waals surface area contributed by atoms with Crippen molar-refractivity contribution in [1.82, 2.24) is 10.2 Å². The Labute approximate surface area is 121 Å². The summed E-state index contributed by atoms with van der Waals surface area (Å²) in [4.78, 5) is 5.10. The molecule has 110 valence electrons. The van der Waals surface area contributed by atoms with Crippen LogP contribution in [0.2, 0.25) is 0 Å². The number of nitrogens with zero attached hydrogens (tertiary/aromatic N) is 2. The molecule has 1 aromatic rings. The molecular weight excluding hydrogens is 250 g/mol.